The Morgan fingerprint density at radius 3 is 2.20 bits per heavy atom. The number of nitrogens with two attached hydrogens (primary N) is 1. The van der Waals surface area contributed by atoms with Gasteiger partial charge >= 0.3 is 19.6 Å². The Morgan fingerprint density at radius 2 is 1.65 bits per heavy atom. The van der Waals surface area contributed by atoms with E-state index >= 15 is 0 Å². The number of rotatable bonds is 17. The molecule has 3 fully saturated rings. The third-order valence-corrected chi connectivity index (χ3v) is 11.1. The molecule has 0 bridgehead atoms. The molecule has 0 amide bonds. The minimum absolute atomic E-state index is 0.00323. The van der Waals surface area contributed by atoms with E-state index in [1.54, 1.807) is 24.7 Å². The van der Waals surface area contributed by atoms with Crippen LogP contribution in [0.25, 0.3) is 11.2 Å². The molecule has 19 heteroatoms. The second-order valence-corrected chi connectivity index (χ2v) is 16.0. The lowest BCUT2D eigenvalue weighted by atomic mass is 9.70. The Labute approximate surface area is 297 Å². The highest BCUT2D eigenvalue weighted by Gasteiger charge is 2.66. The second kappa shape index (κ2) is 16.4. The van der Waals surface area contributed by atoms with Crippen molar-refractivity contribution < 1.29 is 47.8 Å². The van der Waals surface area contributed by atoms with Crippen LogP contribution in [0.2, 0.25) is 0 Å². The van der Waals surface area contributed by atoms with Crippen molar-refractivity contribution in [3.63, 3.8) is 0 Å². The fourth-order valence-electron chi connectivity index (χ4n) is 6.88. The van der Waals surface area contributed by atoms with Crippen LogP contribution >= 0.6 is 7.67 Å². The number of carbonyl (C=O) groups excluding carboxylic acids is 2. The molecule has 6 N–H and O–H groups in total. The van der Waals surface area contributed by atoms with E-state index in [0.717, 1.165) is 0 Å². The van der Waals surface area contributed by atoms with Crippen LogP contribution < -0.4 is 20.8 Å². The predicted molar refractivity (Wildman–Crippen MR) is 186 cm³/mol. The molecule has 1 aliphatic carbocycles. The Morgan fingerprint density at radius 1 is 1.06 bits per heavy atom. The summed E-state index contributed by atoms with van der Waals surface area (Å²) in [5, 5.41) is 28.5. The van der Waals surface area contributed by atoms with Crippen LogP contribution in [0, 0.1) is 11.8 Å². The molecule has 0 spiro atoms. The van der Waals surface area contributed by atoms with Crippen molar-refractivity contribution in [1.29, 1.82) is 0 Å². The molecular weight excluding hydrogens is 687 g/mol. The summed E-state index contributed by atoms with van der Waals surface area (Å²) in [7, 11) is -4.27. The van der Waals surface area contributed by atoms with Crippen LogP contribution in [0.5, 0.6) is 0 Å². The van der Waals surface area contributed by atoms with E-state index < -0.39 is 68.3 Å². The SMILES string of the molecule is CCOC(=O)[C@H](CC(C)C)NP(=O)(N[C@@H](CC(C)C)C(=O)OCC)OC[C@H]1O[C@H]2C(n3cnc4c(N5CCOCC5)nc(N)nc43)CC2(O)C1O. The fourth-order valence-corrected chi connectivity index (χ4v) is 8.70. The van der Waals surface area contributed by atoms with Gasteiger partial charge in [-0.25, -0.2) is 15.2 Å². The van der Waals surface area contributed by atoms with Gasteiger partial charge in [0.05, 0.1) is 45.4 Å². The minimum Gasteiger partial charge on any atom is -0.465 e. The van der Waals surface area contributed by atoms with Gasteiger partial charge in [-0.1, -0.05) is 27.7 Å². The number of nitrogens with zero attached hydrogens (tertiary/aromatic N) is 5. The van der Waals surface area contributed by atoms with Crippen molar-refractivity contribution in [2.75, 3.05) is 56.8 Å². The Hall–Kier alpha value is -2.96. The van der Waals surface area contributed by atoms with E-state index in [1.807, 2.05) is 32.6 Å². The van der Waals surface area contributed by atoms with Gasteiger partial charge in [0.25, 0.3) is 0 Å². The number of esters is 2. The summed E-state index contributed by atoms with van der Waals surface area (Å²) < 4.78 is 44.5. The van der Waals surface area contributed by atoms with E-state index in [-0.39, 0.29) is 50.3 Å². The van der Waals surface area contributed by atoms with E-state index in [2.05, 4.69) is 25.1 Å². The lowest BCUT2D eigenvalue weighted by Crippen LogP contribution is -2.61. The van der Waals surface area contributed by atoms with Gasteiger partial charge in [0.1, 0.15) is 36.0 Å². The van der Waals surface area contributed by atoms with Crippen molar-refractivity contribution >= 4 is 42.5 Å². The van der Waals surface area contributed by atoms with Gasteiger partial charge in [-0.2, -0.15) is 9.97 Å². The number of nitrogens with one attached hydrogen (secondary N) is 2. The highest BCUT2D eigenvalue weighted by Crippen LogP contribution is 2.53. The highest BCUT2D eigenvalue weighted by molar-refractivity contribution is 7.54. The van der Waals surface area contributed by atoms with Gasteiger partial charge in [-0.05, 0) is 38.5 Å². The number of carbonyl (C=O) groups is 2. The summed E-state index contributed by atoms with van der Waals surface area (Å²) in [4.78, 5) is 41.4. The lowest BCUT2D eigenvalue weighted by molar-refractivity contribution is -0.170. The summed E-state index contributed by atoms with van der Waals surface area (Å²) in [6.07, 6.45) is -1.24. The highest BCUT2D eigenvalue weighted by atomic mass is 31.2. The molecule has 4 heterocycles. The topological polar surface area (TPSA) is 235 Å². The van der Waals surface area contributed by atoms with Crippen LogP contribution in [0.1, 0.15) is 66.8 Å². The Balaban J connectivity index is 1.37. The number of ether oxygens (including phenoxy) is 4. The molecule has 3 unspecified atom stereocenters. The average molecular weight is 741 g/mol. The summed E-state index contributed by atoms with van der Waals surface area (Å²) in [5.41, 5.74) is 5.45. The van der Waals surface area contributed by atoms with Crippen LogP contribution in [-0.2, 0) is 37.6 Å². The number of imidazole rings is 1. The number of aliphatic hydroxyl groups is 2. The summed E-state index contributed by atoms with van der Waals surface area (Å²) in [5.74, 6) is -0.608. The molecule has 2 aliphatic heterocycles. The number of fused-ring (bicyclic) bond motifs is 2. The van der Waals surface area contributed by atoms with Gasteiger partial charge in [-0.3, -0.25) is 14.2 Å². The van der Waals surface area contributed by atoms with Gasteiger partial charge in [-0.15, -0.1) is 0 Å². The number of morpholine rings is 1. The normalized spacial score (nSPS) is 26.3. The number of nitrogen functional groups attached to an aromatic ring is 1. The smallest absolute Gasteiger partial charge is 0.342 e. The average Bonchev–Trinajstić information content (AvgIpc) is 3.56. The van der Waals surface area contributed by atoms with Crippen molar-refractivity contribution in [3.8, 4) is 0 Å². The first-order chi connectivity index (χ1) is 24.2. The molecule has 2 aromatic heterocycles. The maximum Gasteiger partial charge on any atom is 0.342 e. The third-order valence-electron chi connectivity index (χ3n) is 9.28. The van der Waals surface area contributed by atoms with Gasteiger partial charge in [0, 0.05) is 19.5 Å². The molecule has 0 aromatic carbocycles. The maximum atomic E-state index is 14.6. The van der Waals surface area contributed by atoms with E-state index in [9.17, 15) is 24.4 Å². The summed E-state index contributed by atoms with van der Waals surface area (Å²) in [6, 6.07) is -2.57. The van der Waals surface area contributed by atoms with Crippen LogP contribution in [0.15, 0.2) is 6.33 Å². The predicted octanol–water partition coefficient (Wildman–Crippen LogP) is 1.31. The Kier molecular flexibility index (Phi) is 12.6. The number of anilines is 2. The standard InChI is InChI=1S/C32H53N8O10P/c1-7-47-29(42)20(13-18(3)4)37-51(45,38-21(14-19(5)6)30(43)48-8-2)49-16-23-25(41)32(44)15-22(26(32)50-23)40-17-34-24-27(35-31(33)36-28(24)40)39-9-11-46-12-10-39/h17-23,25-26,41,44H,7-16H2,1-6H3,(H2,33,35,36)(H2,37,38,45)/t20-,21-,22?,23+,25?,26-,32?/m0/s1. The summed E-state index contributed by atoms with van der Waals surface area (Å²) >= 11 is 0. The maximum absolute atomic E-state index is 14.6. The van der Waals surface area contributed by atoms with Gasteiger partial charge < -0.3 is 48.9 Å². The van der Waals surface area contributed by atoms with Crippen LogP contribution in [-0.4, -0.2) is 124 Å². The van der Waals surface area contributed by atoms with Crippen molar-refractivity contribution in [3.05, 3.63) is 6.33 Å². The minimum atomic E-state index is -4.27. The first-order valence-electron chi connectivity index (χ1n) is 17.7. The molecule has 0 radical (unpaired) electrons. The zero-order valence-corrected chi connectivity index (χ0v) is 31.1. The molecule has 18 nitrogen and oxygen atoms in total. The van der Waals surface area contributed by atoms with Gasteiger partial charge in [0.15, 0.2) is 17.0 Å². The molecule has 3 aliphatic rings. The molecule has 1 saturated carbocycles. The fraction of sp³-hybridized carbons (Fsp3) is 0.781. The van der Waals surface area contributed by atoms with Crippen molar-refractivity contribution in [2.45, 2.75) is 103 Å². The number of aromatic nitrogens is 4. The Bertz CT molecular complexity index is 1530. The van der Waals surface area contributed by atoms with Crippen LogP contribution in [0.3, 0.4) is 0 Å². The molecular formula is C32H53N8O10P. The zero-order chi connectivity index (χ0) is 37.1. The van der Waals surface area contributed by atoms with Crippen molar-refractivity contribution in [1.82, 2.24) is 29.7 Å². The van der Waals surface area contributed by atoms with Gasteiger partial charge in [0.2, 0.25) is 5.95 Å². The third kappa shape index (κ3) is 8.65. The largest absolute Gasteiger partial charge is 0.465 e. The van der Waals surface area contributed by atoms with E-state index in [0.29, 0.717) is 43.3 Å². The second-order valence-electron chi connectivity index (χ2n) is 14.1. The molecule has 51 heavy (non-hydrogen) atoms. The zero-order valence-electron chi connectivity index (χ0n) is 30.2. The molecule has 2 saturated heterocycles. The number of aliphatic hydroxyl groups excluding tert-OH is 1. The van der Waals surface area contributed by atoms with Crippen LogP contribution in [0.4, 0.5) is 11.8 Å². The van der Waals surface area contributed by atoms with Crippen molar-refractivity contribution in [2.24, 2.45) is 11.8 Å². The molecule has 7 atom stereocenters. The molecule has 2 aromatic rings. The molecule has 286 valence electrons. The first kappa shape index (κ1) is 39.3. The first-order valence-corrected chi connectivity index (χ1v) is 19.3. The number of hydrogen-bond acceptors (Lipinski definition) is 15. The number of hydrogen-bond donors (Lipinski definition) is 5. The quantitative estimate of drug-likeness (QED) is 0.114. The summed E-state index contributed by atoms with van der Waals surface area (Å²) in [6.45, 7) is 13.0. The van der Waals surface area contributed by atoms with E-state index in [1.165, 1.54) is 0 Å². The monoisotopic (exact) mass is 740 g/mol. The molecule has 5 rings (SSSR count). The lowest BCUT2D eigenvalue weighted by Gasteiger charge is -2.47. The van der Waals surface area contributed by atoms with E-state index in [4.69, 9.17) is 29.2 Å².